The molecule has 9 nitrogen and oxygen atoms in total. The van der Waals surface area contributed by atoms with Crippen molar-refractivity contribution in [3.8, 4) is 17.2 Å². The largest absolute Gasteiger partial charge is 0.454 e. The Morgan fingerprint density at radius 3 is 2.35 bits per heavy atom. The van der Waals surface area contributed by atoms with E-state index in [0.29, 0.717) is 5.69 Å². The van der Waals surface area contributed by atoms with Crippen molar-refractivity contribution in [1.82, 2.24) is 14.8 Å². The van der Waals surface area contributed by atoms with Crippen LogP contribution >= 0.6 is 0 Å². The quantitative estimate of drug-likeness (QED) is 0.310. The molecule has 4 aromatic rings. The Kier molecular flexibility index (Phi) is 7.09. The van der Waals surface area contributed by atoms with E-state index < -0.39 is 29.4 Å². The number of pyridine rings is 1. The van der Waals surface area contributed by atoms with Crippen molar-refractivity contribution in [2.75, 3.05) is 10.6 Å². The lowest BCUT2D eigenvalue weighted by Gasteiger charge is -2.12. The van der Waals surface area contributed by atoms with Crippen LogP contribution in [0.1, 0.15) is 35.9 Å². The van der Waals surface area contributed by atoms with Gasteiger partial charge in [-0.2, -0.15) is 5.10 Å². The molecule has 190 valence electrons. The van der Waals surface area contributed by atoms with E-state index in [0.717, 1.165) is 24.3 Å². The molecule has 4 N–H and O–H groups in total. The van der Waals surface area contributed by atoms with E-state index >= 15 is 0 Å². The van der Waals surface area contributed by atoms with Crippen molar-refractivity contribution in [2.24, 2.45) is 5.73 Å². The summed E-state index contributed by atoms with van der Waals surface area (Å²) >= 11 is 0. The van der Waals surface area contributed by atoms with Gasteiger partial charge in [-0.25, -0.2) is 22.6 Å². The second-order valence-electron chi connectivity index (χ2n) is 8.22. The van der Waals surface area contributed by atoms with Gasteiger partial charge in [0.15, 0.2) is 11.6 Å². The van der Waals surface area contributed by atoms with Crippen LogP contribution in [-0.4, -0.2) is 26.7 Å². The van der Waals surface area contributed by atoms with E-state index in [1.807, 2.05) is 13.8 Å². The standard InChI is InChI=1S/C25H21F3N6O3/c1-13(2)20-12-23(34(33-20)17-8-14(26)7-15(27)9-17)32-25(36)31-16-3-4-22(19(28)10-16)37-18-5-6-30-21(11-18)24(29)35/h3-13H,1-2H3,(H2,29,35)(H2,31,32,36). The number of benzene rings is 2. The lowest BCUT2D eigenvalue weighted by atomic mass is 10.1. The number of amides is 3. The second kappa shape index (κ2) is 10.4. The van der Waals surface area contributed by atoms with Gasteiger partial charge in [-0.05, 0) is 36.2 Å². The van der Waals surface area contributed by atoms with Gasteiger partial charge in [0, 0.05) is 36.1 Å². The summed E-state index contributed by atoms with van der Waals surface area (Å²) in [5.74, 6) is -3.08. The highest BCUT2D eigenvalue weighted by atomic mass is 19.1. The number of halogens is 3. The molecule has 0 spiro atoms. The van der Waals surface area contributed by atoms with Gasteiger partial charge >= 0.3 is 6.03 Å². The van der Waals surface area contributed by atoms with Gasteiger partial charge in [-0.15, -0.1) is 0 Å². The third-order valence-corrected chi connectivity index (χ3v) is 5.05. The molecule has 12 heteroatoms. The highest BCUT2D eigenvalue weighted by Crippen LogP contribution is 2.28. The zero-order valence-electron chi connectivity index (χ0n) is 19.6. The van der Waals surface area contributed by atoms with Crippen molar-refractivity contribution in [3.63, 3.8) is 0 Å². The van der Waals surface area contributed by atoms with E-state index in [9.17, 15) is 22.8 Å². The SMILES string of the molecule is CC(C)c1cc(NC(=O)Nc2ccc(Oc3ccnc(C(N)=O)c3)c(F)c2)n(-c2cc(F)cc(F)c2)n1. The molecule has 0 aliphatic carbocycles. The van der Waals surface area contributed by atoms with Gasteiger partial charge in [0.05, 0.1) is 11.4 Å². The van der Waals surface area contributed by atoms with Crippen LogP contribution in [0.3, 0.4) is 0 Å². The molecular weight excluding hydrogens is 489 g/mol. The van der Waals surface area contributed by atoms with E-state index in [-0.39, 0.29) is 40.3 Å². The summed E-state index contributed by atoms with van der Waals surface area (Å²) in [4.78, 5) is 27.7. The first kappa shape index (κ1) is 25.2. The van der Waals surface area contributed by atoms with Crippen molar-refractivity contribution < 1.29 is 27.5 Å². The molecule has 0 aliphatic rings. The minimum Gasteiger partial charge on any atom is -0.454 e. The zero-order valence-corrected chi connectivity index (χ0v) is 19.6. The van der Waals surface area contributed by atoms with Crippen molar-refractivity contribution >= 4 is 23.4 Å². The number of carbonyl (C=O) groups is 2. The molecule has 2 aromatic carbocycles. The number of nitrogens with two attached hydrogens (primary N) is 1. The fourth-order valence-electron chi connectivity index (χ4n) is 3.31. The normalized spacial score (nSPS) is 10.9. The minimum atomic E-state index is -0.803. The summed E-state index contributed by atoms with van der Waals surface area (Å²) in [7, 11) is 0. The highest BCUT2D eigenvalue weighted by Gasteiger charge is 2.17. The fraction of sp³-hybridized carbons (Fsp3) is 0.120. The summed E-state index contributed by atoms with van der Waals surface area (Å²) in [6, 6.07) is 10.1. The first-order valence-corrected chi connectivity index (χ1v) is 11.0. The molecule has 0 saturated carbocycles. The molecule has 0 aliphatic heterocycles. The number of urea groups is 1. The Bertz CT molecular complexity index is 1470. The van der Waals surface area contributed by atoms with Crippen LogP contribution in [0, 0.1) is 17.5 Å². The second-order valence-corrected chi connectivity index (χ2v) is 8.22. The lowest BCUT2D eigenvalue weighted by Crippen LogP contribution is -2.21. The molecule has 2 aromatic heterocycles. The summed E-state index contributed by atoms with van der Waals surface area (Å²) < 4.78 is 48.8. The van der Waals surface area contributed by atoms with Gasteiger partial charge in [-0.3, -0.25) is 15.1 Å². The molecule has 0 saturated heterocycles. The fourth-order valence-corrected chi connectivity index (χ4v) is 3.31. The maximum atomic E-state index is 14.6. The maximum Gasteiger partial charge on any atom is 0.324 e. The van der Waals surface area contributed by atoms with Crippen molar-refractivity contribution in [3.05, 3.63) is 89.6 Å². The molecule has 3 amide bonds. The van der Waals surface area contributed by atoms with Gasteiger partial charge in [0.25, 0.3) is 5.91 Å². The first-order valence-electron chi connectivity index (χ1n) is 11.0. The van der Waals surface area contributed by atoms with Gasteiger partial charge in [0.1, 0.15) is 28.9 Å². The van der Waals surface area contributed by atoms with Crippen molar-refractivity contribution in [2.45, 2.75) is 19.8 Å². The third kappa shape index (κ3) is 6.04. The molecular formula is C25H21F3N6O3. The average molecular weight is 510 g/mol. The monoisotopic (exact) mass is 510 g/mol. The van der Waals surface area contributed by atoms with Crippen LogP contribution in [0.5, 0.6) is 11.5 Å². The predicted octanol–water partition coefficient (Wildman–Crippen LogP) is 5.34. The van der Waals surface area contributed by atoms with Crippen LogP contribution in [0.2, 0.25) is 0 Å². The molecule has 0 unspecified atom stereocenters. The van der Waals surface area contributed by atoms with Crippen LogP contribution < -0.4 is 21.1 Å². The number of carbonyl (C=O) groups excluding carboxylic acids is 2. The Morgan fingerprint density at radius 2 is 1.70 bits per heavy atom. The summed E-state index contributed by atoms with van der Waals surface area (Å²) in [5.41, 5.74) is 5.88. The number of anilines is 2. The van der Waals surface area contributed by atoms with E-state index in [1.54, 1.807) is 6.07 Å². The maximum absolute atomic E-state index is 14.6. The molecule has 2 heterocycles. The molecule has 4 rings (SSSR count). The lowest BCUT2D eigenvalue weighted by molar-refractivity contribution is 0.0995. The van der Waals surface area contributed by atoms with Crippen LogP contribution in [0.15, 0.2) is 60.8 Å². The molecule has 0 bridgehead atoms. The zero-order chi connectivity index (χ0) is 26.7. The number of aromatic nitrogens is 3. The molecule has 0 atom stereocenters. The Labute approximate surface area is 209 Å². The minimum absolute atomic E-state index is 0.0376. The van der Waals surface area contributed by atoms with Crippen LogP contribution in [0.25, 0.3) is 5.69 Å². The smallest absolute Gasteiger partial charge is 0.324 e. The molecule has 37 heavy (non-hydrogen) atoms. The number of primary amides is 1. The number of nitrogens with one attached hydrogen (secondary N) is 2. The topological polar surface area (TPSA) is 124 Å². The highest BCUT2D eigenvalue weighted by molar-refractivity contribution is 5.99. The predicted molar refractivity (Wildman–Crippen MR) is 129 cm³/mol. The van der Waals surface area contributed by atoms with E-state index in [1.165, 1.54) is 35.1 Å². The number of ether oxygens (including phenoxy) is 1. The van der Waals surface area contributed by atoms with Gasteiger partial charge in [-0.1, -0.05) is 13.8 Å². The number of nitrogens with zero attached hydrogens (tertiary/aromatic N) is 3. The Hall–Kier alpha value is -4.87. The Balaban J connectivity index is 1.51. The van der Waals surface area contributed by atoms with Gasteiger partial charge < -0.3 is 15.8 Å². The first-order chi connectivity index (χ1) is 17.6. The number of hydrogen-bond acceptors (Lipinski definition) is 5. The summed E-state index contributed by atoms with van der Waals surface area (Å²) in [6.45, 7) is 3.74. The van der Waals surface area contributed by atoms with Crippen molar-refractivity contribution in [1.29, 1.82) is 0 Å². The number of rotatable bonds is 7. The van der Waals surface area contributed by atoms with Crippen LogP contribution in [-0.2, 0) is 0 Å². The third-order valence-electron chi connectivity index (χ3n) is 5.05. The average Bonchev–Trinajstić information content (AvgIpc) is 3.24. The molecule has 0 radical (unpaired) electrons. The number of hydrogen-bond donors (Lipinski definition) is 3. The van der Waals surface area contributed by atoms with Gasteiger partial charge in [0.2, 0.25) is 0 Å². The van der Waals surface area contributed by atoms with E-state index in [4.69, 9.17) is 10.5 Å². The van der Waals surface area contributed by atoms with E-state index in [2.05, 4.69) is 20.7 Å². The van der Waals surface area contributed by atoms with Crippen LogP contribution in [0.4, 0.5) is 29.5 Å². The molecule has 0 fully saturated rings. The summed E-state index contributed by atoms with van der Waals surface area (Å²) in [5, 5.41) is 9.38. The summed E-state index contributed by atoms with van der Waals surface area (Å²) in [6.07, 6.45) is 1.29. The Morgan fingerprint density at radius 1 is 0.973 bits per heavy atom.